The summed E-state index contributed by atoms with van der Waals surface area (Å²) >= 11 is 4.88. The zero-order valence-electron chi connectivity index (χ0n) is 11.9. The van der Waals surface area contributed by atoms with Crippen LogP contribution < -0.4 is 11.1 Å². The van der Waals surface area contributed by atoms with Crippen LogP contribution in [0.2, 0.25) is 0 Å². The highest BCUT2D eigenvalue weighted by atomic mass is 79.9. The second-order valence-electron chi connectivity index (χ2n) is 5.21. The van der Waals surface area contributed by atoms with E-state index in [1.807, 2.05) is 18.2 Å². The lowest BCUT2D eigenvalue weighted by atomic mass is 9.95. The van der Waals surface area contributed by atoms with E-state index in [2.05, 4.69) is 42.0 Å². The molecule has 1 heterocycles. The number of nitrogens with two attached hydrogens (primary N) is 1. The van der Waals surface area contributed by atoms with Gasteiger partial charge >= 0.3 is 0 Å². The van der Waals surface area contributed by atoms with E-state index in [1.54, 1.807) is 0 Å². The Morgan fingerprint density at radius 1 is 1.40 bits per heavy atom. The number of hydrogen-bond acceptors (Lipinski definition) is 3. The Kier molecular flexibility index (Phi) is 4.39. The summed E-state index contributed by atoms with van der Waals surface area (Å²) in [7, 11) is 0. The molecule has 20 heavy (non-hydrogen) atoms. The Morgan fingerprint density at radius 3 is 2.65 bits per heavy atom. The van der Waals surface area contributed by atoms with Gasteiger partial charge in [0.05, 0.1) is 5.69 Å². The summed E-state index contributed by atoms with van der Waals surface area (Å²) in [6.45, 7) is 6.22. The second kappa shape index (κ2) is 5.74. The smallest absolute Gasteiger partial charge is 0.263 e. The van der Waals surface area contributed by atoms with Gasteiger partial charge in [-0.1, -0.05) is 29.8 Å². The van der Waals surface area contributed by atoms with Crippen LogP contribution in [0.3, 0.4) is 0 Å². The number of carbonyl (C=O) groups excluding carboxylic acids is 1. The number of nitrogens with one attached hydrogen (secondary N) is 1. The lowest BCUT2D eigenvalue weighted by Gasteiger charge is -2.28. The van der Waals surface area contributed by atoms with E-state index < -0.39 is 0 Å². The van der Waals surface area contributed by atoms with Crippen LogP contribution in [-0.2, 0) is 0 Å². The molecular weight excluding hydrogens is 336 g/mol. The van der Waals surface area contributed by atoms with Crippen molar-refractivity contribution < 1.29 is 4.79 Å². The molecule has 5 heteroatoms. The topological polar surface area (TPSA) is 55.1 Å². The van der Waals surface area contributed by atoms with Crippen LogP contribution in [0.1, 0.15) is 43.3 Å². The Bertz CT molecular complexity index is 647. The lowest BCUT2D eigenvalue weighted by Crippen LogP contribution is -2.44. The van der Waals surface area contributed by atoms with Gasteiger partial charge in [0.1, 0.15) is 4.88 Å². The largest absolute Gasteiger partial charge is 0.397 e. The number of halogens is 1. The predicted octanol–water partition coefficient (Wildman–Crippen LogP) is 4.55. The van der Waals surface area contributed by atoms with Crippen molar-refractivity contribution in [3.05, 3.63) is 27.5 Å². The van der Waals surface area contributed by atoms with Gasteiger partial charge in [-0.05, 0) is 38.0 Å². The summed E-state index contributed by atoms with van der Waals surface area (Å²) in [6, 6.07) is 5.90. The van der Waals surface area contributed by atoms with Crippen molar-refractivity contribution in [2.45, 2.75) is 39.2 Å². The number of rotatable bonds is 4. The first-order chi connectivity index (χ1) is 9.40. The normalized spacial score (nSPS) is 11.8. The van der Waals surface area contributed by atoms with Gasteiger partial charge in [-0.15, -0.1) is 11.3 Å². The Labute approximate surface area is 131 Å². The molecule has 0 bridgehead atoms. The van der Waals surface area contributed by atoms with Crippen LogP contribution in [0.4, 0.5) is 5.69 Å². The highest BCUT2D eigenvalue weighted by Crippen LogP contribution is 2.35. The Balaban J connectivity index is 2.38. The molecule has 1 aromatic heterocycles. The van der Waals surface area contributed by atoms with Gasteiger partial charge in [0, 0.05) is 20.1 Å². The number of fused-ring (bicyclic) bond motifs is 1. The predicted molar refractivity (Wildman–Crippen MR) is 90.4 cm³/mol. The van der Waals surface area contributed by atoms with Crippen LogP contribution in [0.5, 0.6) is 0 Å². The summed E-state index contributed by atoms with van der Waals surface area (Å²) in [5, 5.41) is 4.04. The van der Waals surface area contributed by atoms with Gasteiger partial charge in [0.2, 0.25) is 0 Å². The maximum atomic E-state index is 12.5. The molecule has 2 aromatic rings. The van der Waals surface area contributed by atoms with Crippen LogP contribution in [-0.4, -0.2) is 11.4 Å². The number of carbonyl (C=O) groups is 1. The quantitative estimate of drug-likeness (QED) is 0.845. The number of anilines is 1. The van der Waals surface area contributed by atoms with Crippen LogP contribution >= 0.6 is 27.3 Å². The molecule has 1 amide bonds. The van der Waals surface area contributed by atoms with Crippen molar-refractivity contribution >= 4 is 48.9 Å². The minimum absolute atomic E-state index is 0.0778. The fraction of sp³-hybridized carbons (Fsp3) is 0.400. The van der Waals surface area contributed by atoms with Gasteiger partial charge in [0.15, 0.2) is 0 Å². The van der Waals surface area contributed by atoms with Gasteiger partial charge in [-0.3, -0.25) is 4.79 Å². The molecule has 0 aliphatic heterocycles. The molecule has 0 atom stereocenters. The van der Waals surface area contributed by atoms with E-state index in [4.69, 9.17) is 5.73 Å². The van der Waals surface area contributed by atoms with Crippen LogP contribution in [0.25, 0.3) is 10.1 Å². The number of hydrogen-bond donors (Lipinski definition) is 2. The fourth-order valence-electron chi connectivity index (χ4n) is 2.02. The molecule has 0 radical (unpaired) electrons. The van der Waals surface area contributed by atoms with E-state index in [0.717, 1.165) is 27.4 Å². The van der Waals surface area contributed by atoms with Gasteiger partial charge in [0.25, 0.3) is 5.91 Å². The number of benzene rings is 1. The molecule has 0 aliphatic rings. The standard InChI is InChI=1S/C15H19BrN2OS/c1-4-15(3,5-2)18-14(19)13-12(17)10-8-9(16)6-7-11(10)20-13/h6-8H,4-5,17H2,1-3H3,(H,18,19). The average Bonchev–Trinajstić information content (AvgIpc) is 2.76. The third kappa shape index (κ3) is 2.83. The van der Waals surface area contributed by atoms with Gasteiger partial charge < -0.3 is 11.1 Å². The fourth-order valence-corrected chi connectivity index (χ4v) is 3.37. The first-order valence-electron chi connectivity index (χ1n) is 6.70. The second-order valence-corrected chi connectivity index (χ2v) is 7.18. The van der Waals surface area contributed by atoms with Gasteiger partial charge in [-0.25, -0.2) is 0 Å². The molecular formula is C15H19BrN2OS. The highest BCUT2D eigenvalue weighted by molar-refractivity contribution is 9.10. The lowest BCUT2D eigenvalue weighted by molar-refractivity contribution is 0.0906. The average molecular weight is 355 g/mol. The zero-order chi connectivity index (χ0) is 14.9. The molecule has 0 saturated carbocycles. The third-order valence-corrected chi connectivity index (χ3v) is 5.55. The Hall–Kier alpha value is -1.07. The monoisotopic (exact) mass is 354 g/mol. The Morgan fingerprint density at radius 2 is 2.05 bits per heavy atom. The molecule has 2 rings (SSSR count). The first kappa shape index (κ1) is 15.3. The number of amides is 1. The van der Waals surface area contributed by atoms with Crippen molar-refractivity contribution in [2.24, 2.45) is 0 Å². The minimum atomic E-state index is -0.180. The summed E-state index contributed by atoms with van der Waals surface area (Å²) in [4.78, 5) is 13.1. The third-order valence-electron chi connectivity index (χ3n) is 3.87. The van der Waals surface area contributed by atoms with E-state index in [1.165, 1.54) is 11.3 Å². The maximum absolute atomic E-state index is 12.5. The molecule has 0 saturated heterocycles. The summed E-state index contributed by atoms with van der Waals surface area (Å²) in [5.41, 5.74) is 6.53. The SMILES string of the molecule is CCC(C)(CC)NC(=O)c1sc2ccc(Br)cc2c1N. The van der Waals surface area contributed by atoms with Crippen molar-refractivity contribution in [3.8, 4) is 0 Å². The van der Waals surface area contributed by atoms with Gasteiger partial charge in [-0.2, -0.15) is 0 Å². The molecule has 3 N–H and O–H groups in total. The van der Waals surface area contributed by atoms with Crippen molar-refractivity contribution in [1.82, 2.24) is 5.32 Å². The van der Waals surface area contributed by atoms with E-state index in [0.29, 0.717) is 10.6 Å². The highest BCUT2D eigenvalue weighted by Gasteiger charge is 2.25. The molecule has 0 aliphatic carbocycles. The minimum Gasteiger partial charge on any atom is -0.397 e. The van der Waals surface area contributed by atoms with E-state index >= 15 is 0 Å². The summed E-state index contributed by atoms with van der Waals surface area (Å²) < 4.78 is 2.00. The molecule has 0 fully saturated rings. The number of thiophene rings is 1. The number of nitrogen functional groups attached to an aromatic ring is 1. The zero-order valence-corrected chi connectivity index (χ0v) is 14.3. The van der Waals surface area contributed by atoms with Crippen molar-refractivity contribution in [3.63, 3.8) is 0 Å². The summed E-state index contributed by atoms with van der Waals surface area (Å²) in [5.74, 6) is -0.0778. The van der Waals surface area contributed by atoms with E-state index in [-0.39, 0.29) is 11.4 Å². The molecule has 0 spiro atoms. The molecule has 108 valence electrons. The maximum Gasteiger partial charge on any atom is 0.263 e. The molecule has 3 nitrogen and oxygen atoms in total. The van der Waals surface area contributed by atoms with E-state index in [9.17, 15) is 4.79 Å². The van der Waals surface area contributed by atoms with Crippen molar-refractivity contribution in [1.29, 1.82) is 0 Å². The first-order valence-corrected chi connectivity index (χ1v) is 8.31. The van der Waals surface area contributed by atoms with Crippen LogP contribution in [0.15, 0.2) is 22.7 Å². The summed E-state index contributed by atoms with van der Waals surface area (Å²) in [6.07, 6.45) is 1.79. The molecule has 1 aromatic carbocycles. The van der Waals surface area contributed by atoms with Crippen LogP contribution in [0, 0.1) is 0 Å². The molecule has 0 unspecified atom stereocenters. The van der Waals surface area contributed by atoms with Crippen molar-refractivity contribution in [2.75, 3.05) is 5.73 Å².